The summed E-state index contributed by atoms with van der Waals surface area (Å²) in [6.07, 6.45) is 5.43. The summed E-state index contributed by atoms with van der Waals surface area (Å²) in [7, 11) is 6.41. The molecule has 4 aromatic rings. The molecule has 1 unspecified atom stereocenters. The topological polar surface area (TPSA) is 166 Å². The first-order valence-electron chi connectivity index (χ1n) is 15.9. The predicted octanol–water partition coefficient (Wildman–Crippen LogP) is 2.84. The van der Waals surface area contributed by atoms with E-state index in [0.29, 0.717) is 28.9 Å². The minimum Gasteiger partial charge on any atom is -0.496 e. The highest BCUT2D eigenvalue weighted by Crippen LogP contribution is 2.38. The zero-order chi connectivity index (χ0) is 35.7. The second-order valence-corrected chi connectivity index (χ2v) is 12.1. The number of methoxy groups -OCH3 is 2. The van der Waals surface area contributed by atoms with Gasteiger partial charge in [-0.15, -0.1) is 0 Å². The van der Waals surface area contributed by atoms with Gasteiger partial charge in [-0.3, -0.25) is 44.0 Å². The number of imide groups is 2. The number of pyridine rings is 2. The fourth-order valence-electron chi connectivity index (χ4n) is 6.36. The molecule has 2 aliphatic heterocycles. The summed E-state index contributed by atoms with van der Waals surface area (Å²) in [5.41, 5.74) is 2.21. The van der Waals surface area contributed by atoms with E-state index in [-0.39, 0.29) is 60.8 Å². The SMILES string of the molecule is COc1cc(-c2cn(C)c(=O)c3cnccc23)cc(OC)c1CN(C)C(=O)CCCOc1cccc2c1C(=O)N(C1CCC(=O)NC1=O)C2=O. The van der Waals surface area contributed by atoms with Gasteiger partial charge in [-0.2, -0.15) is 0 Å². The number of benzene rings is 2. The number of nitrogens with one attached hydrogen (secondary N) is 1. The molecule has 2 aromatic heterocycles. The summed E-state index contributed by atoms with van der Waals surface area (Å²) >= 11 is 0. The number of rotatable bonds is 11. The van der Waals surface area contributed by atoms with E-state index in [0.717, 1.165) is 21.4 Å². The minimum absolute atomic E-state index is 0.0207. The maximum absolute atomic E-state index is 13.3. The Labute approximate surface area is 286 Å². The number of aromatic nitrogens is 2. The van der Waals surface area contributed by atoms with Crippen molar-refractivity contribution in [1.82, 2.24) is 24.7 Å². The lowest BCUT2D eigenvalue weighted by Gasteiger charge is -2.27. The first kappa shape index (κ1) is 33.8. The molecule has 0 spiro atoms. The van der Waals surface area contributed by atoms with E-state index in [1.54, 1.807) is 55.8 Å². The maximum Gasteiger partial charge on any atom is 0.266 e. The van der Waals surface area contributed by atoms with Gasteiger partial charge in [0.05, 0.1) is 49.4 Å². The van der Waals surface area contributed by atoms with Crippen molar-refractivity contribution in [3.63, 3.8) is 0 Å². The fourth-order valence-corrected chi connectivity index (χ4v) is 6.36. The van der Waals surface area contributed by atoms with Crippen LogP contribution in [0.2, 0.25) is 0 Å². The number of hydrogen-bond acceptors (Lipinski definition) is 10. The number of aryl methyl sites for hydroxylation is 1. The lowest BCUT2D eigenvalue weighted by atomic mass is 9.99. The van der Waals surface area contributed by atoms with Crippen LogP contribution < -0.4 is 25.1 Å². The molecule has 4 heterocycles. The predicted molar refractivity (Wildman–Crippen MR) is 180 cm³/mol. The third-order valence-electron chi connectivity index (χ3n) is 8.95. The van der Waals surface area contributed by atoms with Crippen LogP contribution in [-0.4, -0.2) is 82.8 Å². The van der Waals surface area contributed by atoms with Crippen molar-refractivity contribution in [3.05, 3.63) is 82.0 Å². The molecule has 258 valence electrons. The van der Waals surface area contributed by atoms with Crippen LogP contribution in [0.15, 0.2) is 59.8 Å². The number of fused-ring (bicyclic) bond motifs is 2. The average Bonchev–Trinajstić information content (AvgIpc) is 3.37. The Balaban J connectivity index is 1.11. The van der Waals surface area contributed by atoms with Crippen molar-refractivity contribution >= 4 is 40.3 Å². The maximum atomic E-state index is 13.3. The largest absolute Gasteiger partial charge is 0.496 e. The molecular formula is C36H35N5O9. The van der Waals surface area contributed by atoms with E-state index in [4.69, 9.17) is 14.2 Å². The minimum atomic E-state index is -1.08. The van der Waals surface area contributed by atoms with Gasteiger partial charge in [0.15, 0.2) is 0 Å². The molecule has 0 radical (unpaired) electrons. The average molecular weight is 682 g/mol. The molecule has 0 saturated carbocycles. The van der Waals surface area contributed by atoms with E-state index in [1.165, 1.54) is 24.9 Å². The quantitative estimate of drug-likeness (QED) is 0.184. The van der Waals surface area contributed by atoms with Gasteiger partial charge < -0.3 is 23.7 Å². The smallest absolute Gasteiger partial charge is 0.266 e. The second kappa shape index (κ2) is 13.8. The number of piperidine rings is 1. The Hall–Kier alpha value is -6.05. The zero-order valence-corrected chi connectivity index (χ0v) is 28.0. The molecule has 2 aliphatic rings. The summed E-state index contributed by atoms with van der Waals surface area (Å²) in [5.74, 6) is -1.43. The van der Waals surface area contributed by atoms with E-state index < -0.39 is 29.7 Å². The Bertz CT molecular complexity index is 2100. The highest BCUT2D eigenvalue weighted by molar-refractivity contribution is 6.24. The summed E-state index contributed by atoms with van der Waals surface area (Å²) in [6, 6.07) is 9.02. The van der Waals surface area contributed by atoms with E-state index in [2.05, 4.69) is 10.3 Å². The van der Waals surface area contributed by atoms with Crippen LogP contribution in [0.1, 0.15) is 52.0 Å². The number of carbonyl (C=O) groups excluding carboxylic acids is 5. The number of ether oxygens (including phenoxy) is 3. The van der Waals surface area contributed by atoms with Gasteiger partial charge in [0.2, 0.25) is 17.7 Å². The van der Waals surface area contributed by atoms with Gasteiger partial charge in [0.1, 0.15) is 23.3 Å². The van der Waals surface area contributed by atoms with Crippen LogP contribution in [0.5, 0.6) is 17.2 Å². The highest BCUT2D eigenvalue weighted by atomic mass is 16.5. The summed E-state index contributed by atoms with van der Waals surface area (Å²) in [6.45, 7) is 0.267. The van der Waals surface area contributed by atoms with Crippen molar-refractivity contribution in [2.24, 2.45) is 7.05 Å². The summed E-state index contributed by atoms with van der Waals surface area (Å²) in [4.78, 5) is 82.8. The molecule has 5 amide bonds. The van der Waals surface area contributed by atoms with Crippen LogP contribution in [0.4, 0.5) is 0 Å². The van der Waals surface area contributed by atoms with Crippen LogP contribution in [0, 0.1) is 0 Å². The highest BCUT2D eigenvalue weighted by Gasteiger charge is 2.46. The number of nitrogens with zero attached hydrogens (tertiary/aromatic N) is 4. The van der Waals surface area contributed by atoms with Crippen molar-refractivity contribution < 1.29 is 38.2 Å². The molecule has 1 saturated heterocycles. The molecule has 50 heavy (non-hydrogen) atoms. The lowest BCUT2D eigenvalue weighted by molar-refractivity contribution is -0.136. The molecule has 1 N–H and O–H groups in total. The normalized spacial score (nSPS) is 15.6. The first-order valence-corrected chi connectivity index (χ1v) is 15.9. The molecular weight excluding hydrogens is 646 g/mol. The van der Waals surface area contributed by atoms with Crippen LogP contribution in [-0.2, 0) is 28.0 Å². The Morgan fingerprint density at radius 3 is 2.42 bits per heavy atom. The van der Waals surface area contributed by atoms with Crippen molar-refractivity contribution in [1.29, 1.82) is 0 Å². The van der Waals surface area contributed by atoms with E-state index in [9.17, 15) is 28.8 Å². The Morgan fingerprint density at radius 2 is 1.72 bits per heavy atom. The van der Waals surface area contributed by atoms with Crippen molar-refractivity contribution in [2.75, 3.05) is 27.9 Å². The van der Waals surface area contributed by atoms with Crippen molar-refractivity contribution in [2.45, 2.75) is 38.3 Å². The number of hydrogen-bond donors (Lipinski definition) is 1. The Morgan fingerprint density at radius 1 is 0.980 bits per heavy atom. The van der Waals surface area contributed by atoms with Crippen LogP contribution in [0.25, 0.3) is 21.9 Å². The fraction of sp³-hybridized carbons (Fsp3) is 0.306. The van der Waals surface area contributed by atoms with E-state index in [1.807, 2.05) is 12.1 Å². The van der Waals surface area contributed by atoms with Crippen molar-refractivity contribution in [3.8, 4) is 28.4 Å². The third-order valence-corrected chi connectivity index (χ3v) is 8.95. The molecule has 14 nitrogen and oxygen atoms in total. The van der Waals surface area contributed by atoms with Gasteiger partial charge in [-0.1, -0.05) is 6.07 Å². The van der Waals surface area contributed by atoms with Gasteiger partial charge >= 0.3 is 0 Å². The first-order chi connectivity index (χ1) is 24.0. The van der Waals surface area contributed by atoms with Crippen LogP contribution >= 0.6 is 0 Å². The van der Waals surface area contributed by atoms with Gasteiger partial charge in [-0.25, -0.2) is 0 Å². The third kappa shape index (κ3) is 6.15. The van der Waals surface area contributed by atoms with E-state index >= 15 is 0 Å². The molecule has 0 bridgehead atoms. The molecule has 0 aliphatic carbocycles. The molecule has 1 atom stereocenters. The van der Waals surface area contributed by atoms with Gasteiger partial charge in [0.25, 0.3) is 17.4 Å². The van der Waals surface area contributed by atoms with Gasteiger partial charge in [0, 0.05) is 51.1 Å². The zero-order valence-electron chi connectivity index (χ0n) is 28.0. The molecule has 1 fully saturated rings. The number of amides is 5. The number of carbonyl (C=O) groups is 5. The summed E-state index contributed by atoms with van der Waals surface area (Å²) < 4.78 is 18.9. The molecule has 6 rings (SSSR count). The van der Waals surface area contributed by atoms with Gasteiger partial charge in [-0.05, 0) is 54.1 Å². The Kier molecular flexibility index (Phi) is 9.35. The summed E-state index contributed by atoms with van der Waals surface area (Å²) in [5, 5.41) is 3.39. The molecule has 2 aromatic carbocycles. The monoisotopic (exact) mass is 681 g/mol. The lowest BCUT2D eigenvalue weighted by Crippen LogP contribution is -2.54. The molecule has 14 heteroatoms. The standard InChI is InChI=1S/C36H35N5O9/c1-39(19-25-28(48-3)15-20(16-29(25)49-4)24-18-40(2)34(45)23-17-37-13-12-21(23)24)31(43)9-6-14-50-27-8-5-7-22-32(27)36(47)41(35(22)46)26-10-11-30(42)38-33(26)44/h5,7-8,12-13,15-18,26H,6,9-11,14,19H2,1-4H3,(H,38,42,44). The second-order valence-electron chi connectivity index (χ2n) is 12.1. The van der Waals surface area contributed by atoms with Crippen LogP contribution in [0.3, 0.4) is 0 Å².